The van der Waals surface area contributed by atoms with E-state index in [1.54, 1.807) is 11.3 Å². The van der Waals surface area contributed by atoms with Crippen molar-refractivity contribution in [2.45, 2.75) is 20.3 Å². The van der Waals surface area contributed by atoms with Gasteiger partial charge in [-0.1, -0.05) is 19.9 Å². The molecule has 0 aliphatic rings. The molecule has 0 unspecified atom stereocenters. The third-order valence-corrected chi connectivity index (χ3v) is 2.93. The molecule has 90 valence electrons. The zero-order chi connectivity index (χ0) is 11.8. The van der Waals surface area contributed by atoms with E-state index < -0.39 is 0 Å². The number of thiophene rings is 1. The van der Waals surface area contributed by atoms with Gasteiger partial charge < -0.3 is 5.32 Å². The number of nitrogens with zero attached hydrogens (tertiary/aromatic N) is 1. The highest BCUT2D eigenvalue weighted by atomic mass is 32.1. The Kier molecular flexibility index (Phi) is 5.88. The highest BCUT2D eigenvalue weighted by Crippen LogP contribution is 2.07. The lowest BCUT2D eigenvalue weighted by Crippen LogP contribution is -2.42. The minimum absolute atomic E-state index is 0.544. The first-order chi connectivity index (χ1) is 7.72. The first-order valence-corrected chi connectivity index (χ1v) is 6.37. The molecule has 1 rings (SSSR count). The van der Waals surface area contributed by atoms with Crippen molar-refractivity contribution in [3.63, 3.8) is 0 Å². The molecule has 4 nitrogen and oxygen atoms in total. The Morgan fingerprint density at radius 3 is 2.94 bits per heavy atom. The second kappa shape index (κ2) is 7.24. The Hall–Kier alpha value is -1.07. The van der Waals surface area contributed by atoms with Crippen molar-refractivity contribution in [2.75, 3.05) is 13.1 Å². The third-order valence-electron chi connectivity index (χ3n) is 2.00. The zero-order valence-electron chi connectivity index (χ0n) is 9.86. The maximum Gasteiger partial charge on any atom is 0.205 e. The molecule has 0 bridgehead atoms. The first-order valence-electron chi connectivity index (χ1n) is 5.49. The Labute approximate surface area is 101 Å². The Balaban J connectivity index is 2.26. The fraction of sp³-hybridized carbons (Fsp3) is 0.545. The lowest BCUT2D eigenvalue weighted by Gasteiger charge is -2.09. The van der Waals surface area contributed by atoms with E-state index >= 15 is 0 Å². The molecule has 0 saturated carbocycles. The number of hydrogen-bond acceptors (Lipinski definition) is 3. The summed E-state index contributed by atoms with van der Waals surface area (Å²) in [6.07, 6.45) is 1.00. The highest BCUT2D eigenvalue weighted by Gasteiger charge is 1.98. The van der Waals surface area contributed by atoms with Crippen LogP contribution in [-0.2, 0) is 6.42 Å². The standard InChI is InChI=1S/C11H20N4S/c1-9(2)8-14-11(15-12)13-6-5-10-4-3-7-16-10/h3-4,7,9H,5-6,8,12H2,1-2H3,(H2,13,14,15). The second-order valence-electron chi connectivity index (χ2n) is 3.98. The van der Waals surface area contributed by atoms with Crippen molar-refractivity contribution >= 4 is 17.3 Å². The summed E-state index contributed by atoms with van der Waals surface area (Å²) in [6, 6.07) is 4.20. The van der Waals surface area contributed by atoms with E-state index in [1.807, 2.05) is 0 Å². The van der Waals surface area contributed by atoms with Gasteiger partial charge in [0.15, 0.2) is 0 Å². The lowest BCUT2D eigenvalue weighted by molar-refractivity contribution is 0.657. The molecule has 5 heteroatoms. The zero-order valence-corrected chi connectivity index (χ0v) is 10.7. The maximum atomic E-state index is 5.38. The van der Waals surface area contributed by atoms with Crippen LogP contribution in [0.2, 0.25) is 0 Å². The summed E-state index contributed by atoms with van der Waals surface area (Å²) in [6.45, 7) is 5.89. The van der Waals surface area contributed by atoms with Crippen LogP contribution in [0, 0.1) is 5.92 Å². The summed E-state index contributed by atoms with van der Waals surface area (Å²) >= 11 is 1.77. The number of guanidine groups is 1. The van der Waals surface area contributed by atoms with E-state index in [0.717, 1.165) is 19.5 Å². The topological polar surface area (TPSA) is 62.4 Å². The second-order valence-corrected chi connectivity index (χ2v) is 5.02. The van der Waals surface area contributed by atoms with Gasteiger partial charge in [0.2, 0.25) is 5.96 Å². The van der Waals surface area contributed by atoms with Crippen molar-refractivity contribution in [2.24, 2.45) is 16.8 Å². The average Bonchev–Trinajstić information content (AvgIpc) is 2.75. The minimum Gasteiger partial charge on any atom is -0.355 e. The number of nitrogens with one attached hydrogen (secondary N) is 2. The van der Waals surface area contributed by atoms with Crippen molar-refractivity contribution in [3.05, 3.63) is 22.4 Å². The number of hydrazine groups is 1. The van der Waals surface area contributed by atoms with Crippen LogP contribution in [0.15, 0.2) is 22.5 Å². The fourth-order valence-electron chi connectivity index (χ4n) is 1.19. The number of aliphatic imine (C=N–C) groups is 1. The van der Waals surface area contributed by atoms with Crippen LogP contribution in [0.1, 0.15) is 18.7 Å². The van der Waals surface area contributed by atoms with Crippen molar-refractivity contribution in [3.8, 4) is 0 Å². The van der Waals surface area contributed by atoms with Crippen molar-refractivity contribution < 1.29 is 0 Å². The van der Waals surface area contributed by atoms with Crippen LogP contribution in [0.5, 0.6) is 0 Å². The summed E-state index contributed by atoms with van der Waals surface area (Å²) in [4.78, 5) is 5.70. The molecule has 0 aliphatic carbocycles. The van der Waals surface area contributed by atoms with Gasteiger partial charge in [-0.15, -0.1) is 11.3 Å². The van der Waals surface area contributed by atoms with E-state index in [0.29, 0.717) is 11.9 Å². The normalized spacial score (nSPS) is 11.9. The van der Waals surface area contributed by atoms with Crippen LogP contribution in [0.25, 0.3) is 0 Å². The summed E-state index contributed by atoms with van der Waals surface area (Å²) in [5, 5.41) is 5.27. The molecular formula is C11H20N4S. The van der Waals surface area contributed by atoms with Crippen LogP contribution in [-0.4, -0.2) is 19.0 Å². The monoisotopic (exact) mass is 240 g/mol. The molecule has 1 aromatic rings. The SMILES string of the molecule is CC(C)CN=C(NN)NCCc1cccs1. The van der Waals surface area contributed by atoms with Crippen molar-refractivity contribution in [1.29, 1.82) is 0 Å². The van der Waals surface area contributed by atoms with Crippen LogP contribution >= 0.6 is 11.3 Å². The number of hydrogen-bond donors (Lipinski definition) is 3. The Bertz CT molecular complexity index is 306. The van der Waals surface area contributed by atoms with E-state index in [2.05, 4.69) is 47.1 Å². The van der Waals surface area contributed by atoms with E-state index in [-0.39, 0.29) is 0 Å². The van der Waals surface area contributed by atoms with Gasteiger partial charge in [-0.2, -0.15) is 0 Å². The smallest absolute Gasteiger partial charge is 0.205 e. The van der Waals surface area contributed by atoms with Crippen molar-refractivity contribution in [1.82, 2.24) is 10.7 Å². The number of rotatable bonds is 5. The van der Waals surface area contributed by atoms with Gasteiger partial charge >= 0.3 is 0 Å². The quantitative estimate of drug-likeness (QED) is 0.315. The summed E-state index contributed by atoms with van der Waals surface area (Å²) < 4.78 is 0. The molecule has 0 saturated heterocycles. The van der Waals surface area contributed by atoms with Crippen LogP contribution in [0.4, 0.5) is 0 Å². The molecule has 0 atom stereocenters. The van der Waals surface area contributed by atoms with Gasteiger partial charge in [0.25, 0.3) is 0 Å². The molecule has 4 N–H and O–H groups in total. The molecule has 0 radical (unpaired) electrons. The molecule has 1 aromatic heterocycles. The fourth-order valence-corrected chi connectivity index (χ4v) is 1.89. The molecule has 0 aliphatic heterocycles. The summed E-state index contributed by atoms with van der Waals surface area (Å²) in [5.41, 5.74) is 2.58. The average molecular weight is 240 g/mol. The van der Waals surface area contributed by atoms with E-state index in [9.17, 15) is 0 Å². The van der Waals surface area contributed by atoms with E-state index in [4.69, 9.17) is 5.84 Å². The van der Waals surface area contributed by atoms with Gasteiger partial charge in [0.1, 0.15) is 0 Å². The van der Waals surface area contributed by atoms with Gasteiger partial charge in [-0.3, -0.25) is 10.4 Å². The molecular weight excluding hydrogens is 220 g/mol. The molecule has 0 amide bonds. The molecule has 0 aromatic carbocycles. The van der Waals surface area contributed by atoms with Crippen LogP contribution in [0.3, 0.4) is 0 Å². The van der Waals surface area contributed by atoms with E-state index in [1.165, 1.54) is 4.88 Å². The molecule has 1 heterocycles. The predicted octanol–water partition coefficient (Wildman–Crippen LogP) is 1.36. The molecule has 16 heavy (non-hydrogen) atoms. The minimum atomic E-state index is 0.544. The largest absolute Gasteiger partial charge is 0.355 e. The maximum absolute atomic E-state index is 5.38. The highest BCUT2D eigenvalue weighted by molar-refractivity contribution is 7.09. The summed E-state index contributed by atoms with van der Waals surface area (Å²) in [5.74, 6) is 6.59. The Morgan fingerprint density at radius 1 is 1.56 bits per heavy atom. The molecule has 0 spiro atoms. The summed E-state index contributed by atoms with van der Waals surface area (Å²) in [7, 11) is 0. The lowest BCUT2D eigenvalue weighted by atomic mass is 10.2. The van der Waals surface area contributed by atoms with Crippen LogP contribution < -0.4 is 16.6 Å². The van der Waals surface area contributed by atoms with Gasteiger partial charge in [-0.05, 0) is 23.8 Å². The first kappa shape index (κ1) is 13.0. The molecule has 0 fully saturated rings. The number of nitrogens with two attached hydrogens (primary N) is 1. The van der Waals surface area contributed by atoms with Gasteiger partial charge in [-0.25, -0.2) is 5.84 Å². The Morgan fingerprint density at radius 2 is 2.38 bits per heavy atom. The third kappa shape index (κ3) is 5.14. The van der Waals surface area contributed by atoms with Gasteiger partial charge in [0.05, 0.1) is 0 Å². The van der Waals surface area contributed by atoms with Gasteiger partial charge in [0, 0.05) is 18.0 Å². The predicted molar refractivity (Wildman–Crippen MR) is 70.5 cm³/mol.